The van der Waals surface area contributed by atoms with E-state index in [1.165, 1.54) is 0 Å². The number of aliphatic hydroxyl groups is 1. The number of hydrogen-bond acceptors (Lipinski definition) is 2. The van der Waals surface area contributed by atoms with Crippen molar-refractivity contribution in [3.63, 3.8) is 0 Å². The van der Waals surface area contributed by atoms with E-state index < -0.39 is 18.0 Å². The SMILES string of the molecule is Cc1cccc(C)c1C(O)CC(C)C(=O)O. The predicted octanol–water partition coefficient (Wildman–Crippen LogP) is 2.45. The van der Waals surface area contributed by atoms with Gasteiger partial charge in [0.15, 0.2) is 0 Å². The molecule has 0 bridgehead atoms. The van der Waals surface area contributed by atoms with Crippen molar-refractivity contribution in [1.82, 2.24) is 0 Å². The van der Waals surface area contributed by atoms with Crippen molar-refractivity contribution in [1.29, 1.82) is 0 Å². The molecule has 0 radical (unpaired) electrons. The van der Waals surface area contributed by atoms with E-state index >= 15 is 0 Å². The number of carboxylic acids is 1. The first-order chi connectivity index (χ1) is 7.43. The normalized spacial score (nSPS) is 14.5. The summed E-state index contributed by atoms with van der Waals surface area (Å²) in [5, 5.41) is 18.8. The summed E-state index contributed by atoms with van der Waals surface area (Å²) in [6.07, 6.45) is -0.451. The van der Waals surface area contributed by atoms with E-state index in [2.05, 4.69) is 0 Å². The number of hydrogen-bond donors (Lipinski definition) is 2. The molecule has 3 nitrogen and oxygen atoms in total. The molecule has 0 aliphatic rings. The summed E-state index contributed by atoms with van der Waals surface area (Å²) in [7, 11) is 0. The Balaban J connectivity index is 2.88. The van der Waals surface area contributed by atoms with Crippen LogP contribution in [0.1, 0.15) is 36.1 Å². The van der Waals surface area contributed by atoms with E-state index in [0.29, 0.717) is 0 Å². The van der Waals surface area contributed by atoms with Crippen LogP contribution in [0, 0.1) is 19.8 Å². The molecule has 0 aromatic heterocycles. The number of carboxylic acid groups (broad SMARTS) is 1. The Hall–Kier alpha value is -1.35. The summed E-state index contributed by atoms with van der Waals surface area (Å²) < 4.78 is 0. The van der Waals surface area contributed by atoms with Gasteiger partial charge in [0.2, 0.25) is 0 Å². The fraction of sp³-hybridized carbons (Fsp3) is 0.462. The third kappa shape index (κ3) is 2.83. The van der Waals surface area contributed by atoms with Gasteiger partial charge in [0.25, 0.3) is 0 Å². The van der Waals surface area contributed by atoms with Crippen LogP contribution in [0.25, 0.3) is 0 Å². The minimum absolute atomic E-state index is 0.251. The van der Waals surface area contributed by atoms with Crippen molar-refractivity contribution in [2.24, 2.45) is 5.92 Å². The van der Waals surface area contributed by atoms with Crippen LogP contribution in [0.2, 0.25) is 0 Å². The molecule has 0 amide bonds. The lowest BCUT2D eigenvalue weighted by molar-refractivity contribution is -0.142. The molecule has 0 aliphatic carbocycles. The van der Waals surface area contributed by atoms with Gasteiger partial charge in [-0.3, -0.25) is 4.79 Å². The molecule has 88 valence electrons. The summed E-state index contributed by atoms with van der Waals surface area (Å²) in [5.41, 5.74) is 2.87. The average molecular weight is 222 g/mol. The fourth-order valence-corrected chi connectivity index (χ4v) is 1.91. The third-order valence-electron chi connectivity index (χ3n) is 2.87. The van der Waals surface area contributed by atoms with Gasteiger partial charge in [-0.1, -0.05) is 25.1 Å². The molecule has 2 unspecified atom stereocenters. The minimum Gasteiger partial charge on any atom is -0.481 e. The molecular weight excluding hydrogens is 204 g/mol. The van der Waals surface area contributed by atoms with E-state index in [4.69, 9.17) is 5.11 Å². The molecule has 0 heterocycles. The molecule has 1 aromatic rings. The van der Waals surface area contributed by atoms with Gasteiger partial charge in [0.1, 0.15) is 0 Å². The van der Waals surface area contributed by atoms with Crippen molar-refractivity contribution in [3.8, 4) is 0 Å². The van der Waals surface area contributed by atoms with Gasteiger partial charge in [0, 0.05) is 0 Å². The summed E-state index contributed by atoms with van der Waals surface area (Å²) in [6, 6.07) is 5.79. The zero-order valence-corrected chi connectivity index (χ0v) is 9.90. The summed E-state index contributed by atoms with van der Waals surface area (Å²) in [5.74, 6) is -1.40. The van der Waals surface area contributed by atoms with E-state index in [-0.39, 0.29) is 6.42 Å². The van der Waals surface area contributed by atoms with Crippen LogP contribution in [-0.4, -0.2) is 16.2 Å². The van der Waals surface area contributed by atoms with Crippen molar-refractivity contribution in [2.75, 3.05) is 0 Å². The lowest BCUT2D eigenvalue weighted by Crippen LogP contribution is -2.14. The molecule has 2 N–H and O–H groups in total. The van der Waals surface area contributed by atoms with Gasteiger partial charge in [-0.15, -0.1) is 0 Å². The summed E-state index contributed by atoms with van der Waals surface area (Å²) in [6.45, 7) is 5.47. The zero-order valence-electron chi connectivity index (χ0n) is 9.90. The first-order valence-corrected chi connectivity index (χ1v) is 5.40. The van der Waals surface area contributed by atoms with E-state index in [0.717, 1.165) is 16.7 Å². The second kappa shape index (κ2) is 5.12. The second-order valence-electron chi connectivity index (χ2n) is 4.30. The second-order valence-corrected chi connectivity index (χ2v) is 4.30. The molecule has 0 fully saturated rings. The highest BCUT2D eigenvalue weighted by Gasteiger charge is 2.20. The van der Waals surface area contributed by atoms with E-state index in [9.17, 15) is 9.90 Å². The standard InChI is InChI=1S/C13H18O3/c1-8-5-4-6-9(2)12(8)11(14)7-10(3)13(15)16/h4-6,10-11,14H,7H2,1-3H3,(H,15,16). The number of carbonyl (C=O) groups is 1. The highest BCUT2D eigenvalue weighted by Crippen LogP contribution is 2.26. The van der Waals surface area contributed by atoms with E-state index in [1.54, 1.807) is 6.92 Å². The minimum atomic E-state index is -0.870. The number of aryl methyl sites for hydroxylation is 2. The van der Waals surface area contributed by atoms with E-state index in [1.807, 2.05) is 32.0 Å². The van der Waals surface area contributed by atoms with Gasteiger partial charge >= 0.3 is 5.97 Å². The number of aliphatic hydroxyl groups excluding tert-OH is 1. The molecule has 2 atom stereocenters. The Bertz CT molecular complexity index is 365. The average Bonchev–Trinajstić information content (AvgIpc) is 2.16. The maximum Gasteiger partial charge on any atom is 0.306 e. The van der Waals surface area contributed by atoms with Crippen molar-refractivity contribution in [3.05, 3.63) is 34.9 Å². The molecule has 3 heteroatoms. The largest absolute Gasteiger partial charge is 0.481 e. The maximum absolute atomic E-state index is 10.7. The van der Waals surface area contributed by atoms with Crippen LogP contribution in [0.5, 0.6) is 0 Å². The Morgan fingerprint density at radius 3 is 2.25 bits per heavy atom. The topological polar surface area (TPSA) is 57.5 Å². The van der Waals surface area contributed by atoms with Gasteiger partial charge in [-0.2, -0.15) is 0 Å². The van der Waals surface area contributed by atoms with Gasteiger partial charge in [0.05, 0.1) is 12.0 Å². The van der Waals surface area contributed by atoms with Crippen LogP contribution in [0.4, 0.5) is 0 Å². The lowest BCUT2D eigenvalue weighted by atomic mass is 9.92. The number of aliphatic carboxylic acids is 1. The number of rotatable bonds is 4. The molecule has 0 aliphatic heterocycles. The number of benzene rings is 1. The highest BCUT2D eigenvalue weighted by atomic mass is 16.4. The Morgan fingerprint density at radius 1 is 1.31 bits per heavy atom. The van der Waals surface area contributed by atoms with Crippen LogP contribution >= 0.6 is 0 Å². The fourth-order valence-electron chi connectivity index (χ4n) is 1.91. The highest BCUT2D eigenvalue weighted by molar-refractivity contribution is 5.69. The Morgan fingerprint density at radius 2 is 1.81 bits per heavy atom. The monoisotopic (exact) mass is 222 g/mol. The molecule has 0 saturated carbocycles. The molecule has 1 rings (SSSR count). The zero-order chi connectivity index (χ0) is 12.3. The molecule has 1 aromatic carbocycles. The lowest BCUT2D eigenvalue weighted by Gasteiger charge is -2.18. The Labute approximate surface area is 95.7 Å². The first kappa shape index (κ1) is 12.7. The van der Waals surface area contributed by atoms with Crippen molar-refractivity contribution >= 4 is 5.97 Å². The first-order valence-electron chi connectivity index (χ1n) is 5.40. The van der Waals surface area contributed by atoms with Crippen LogP contribution in [0.3, 0.4) is 0 Å². The van der Waals surface area contributed by atoms with Crippen molar-refractivity contribution in [2.45, 2.75) is 33.3 Å². The van der Waals surface area contributed by atoms with Gasteiger partial charge in [-0.05, 0) is 37.0 Å². The third-order valence-corrected chi connectivity index (χ3v) is 2.87. The molecule has 0 spiro atoms. The van der Waals surface area contributed by atoms with Crippen LogP contribution in [0.15, 0.2) is 18.2 Å². The molecular formula is C13H18O3. The van der Waals surface area contributed by atoms with Gasteiger partial charge < -0.3 is 10.2 Å². The van der Waals surface area contributed by atoms with Crippen LogP contribution < -0.4 is 0 Å². The predicted molar refractivity (Wildman–Crippen MR) is 62.3 cm³/mol. The van der Waals surface area contributed by atoms with Crippen molar-refractivity contribution < 1.29 is 15.0 Å². The molecule has 16 heavy (non-hydrogen) atoms. The summed E-state index contributed by atoms with van der Waals surface area (Å²) in [4.78, 5) is 10.7. The quantitative estimate of drug-likeness (QED) is 0.822. The van der Waals surface area contributed by atoms with Crippen LogP contribution in [-0.2, 0) is 4.79 Å². The smallest absolute Gasteiger partial charge is 0.306 e. The Kier molecular flexibility index (Phi) is 4.07. The summed E-state index contributed by atoms with van der Waals surface area (Å²) >= 11 is 0. The van der Waals surface area contributed by atoms with Gasteiger partial charge in [-0.25, -0.2) is 0 Å². The molecule has 0 saturated heterocycles. The maximum atomic E-state index is 10.7.